The molecule has 0 spiro atoms. The van der Waals surface area contributed by atoms with Crippen molar-refractivity contribution in [3.8, 4) is 5.75 Å². The SMILES string of the molecule is COc1ccc(N)cc1C(=O)c1sccc1Br. The Morgan fingerprint density at radius 1 is 1.41 bits per heavy atom. The van der Waals surface area contributed by atoms with Gasteiger partial charge in [-0.05, 0) is 45.6 Å². The van der Waals surface area contributed by atoms with E-state index in [0.29, 0.717) is 21.9 Å². The van der Waals surface area contributed by atoms with E-state index < -0.39 is 0 Å². The summed E-state index contributed by atoms with van der Waals surface area (Å²) >= 11 is 4.73. The van der Waals surface area contributed by atoms with Gasteiger partial charge in [0.2, 0.25) is 5.78 Å². The van der Waals surface area contributed by atoms with Gasteiger partial charge in [0.1, 0.15) is 5.75 Å². The molecule has 1 aromatic carbocycles. The van der Waals surface area contributed by atoms with Gasteiger partial charge < -0.3 is 10.5 Å². The van der Waals surface area contributed by atoms with Crippen LogP contribution < -0.4 is 10.5 Å². The molecule has 0 amide bonds. The lowest BCUT2D eigenvalue weighted by atomic mass is 10.1. The number of anilines is 1. The molecule has 17 heavy (non-hydrogen) atoms. The van der Waals surface area contributed by atoms with Crippen molar-refractivity contribution in [1.82, 2.24) is 0 Å². The standard InChI is InChI=1S/C12H10BrNO2S/c1-16-10-3-2-7(14)6-8(10)11(15)12-9(13)4-5-17-12/h2-6H,14H2,1H3. The molecular weight excluding hydrogens is 302 g/mol. The van der Waals surface area contributed by atoms with Gasteiger partial charge in [0.15, 0.2) is 0 Å². The second-order valence-corrected chi connectivity index (χ2v) is 5.16. The van der Waals surface area contributed by atoms with E-state index in [2.05, 4.69) is 15.9 Å². The van der Waals surface area contributed by atoms with Gasteiger partial charge >= 0.3 is 0 Å². The summed E-state index contributed by atoms with van der Waals surface area (Å²) in [5.74, 6) is 0.445. The van der Waals surface area contributed by atoms with E-state index in [1.165, 1.54) is 18.4 Å². The fourth-order valence-corrected chi connectivity index (χ4v) is 2.99. The number of carbonyl (C=O) groups excluding carboxylic acids is 1. The molecule has 0 unspecified atom stereocenters. The summed E-state index contributed by atoms with van der Waals surface area (Å²) in [7, 11) is 1.53. The molecule has 1 heterocycles. The molecule has 0 bridgehead atoms. The summed E-state index contributed by atoms with van der Waals surface area (Å²) in [6.45, 7) is 0. The average Bonchev–Trinajstić information content (AvgIpc) is 2.74. The molecule has 0 saturated heterocycles. The Bertz CT molecular complexity index is 565. The van der Waals surface area contributed by atoms with E-state index in [1.54, 1.807) is 18.2 Å². The van der Waals surface area contributed by atoms with Crippen LogP contribution in [0.1, 0.15) is 15.2 Å². The van der Waals surface area contributed by atoms with Gasteiger partial charge in [0.05, 0.1) is 17.6 Å². The molecule has 2 N–H and O–H groups in total. The number of hydrogen-bond acceptors (Lipinski definition) is 4. The lowest BCUT2D eigenvalue weighted by Gasteiger charge is -2.07. The molecule has 0 saturated carbocycles. The number of carbonyl (C=O) groups is 1. The minimum atomic E-state index is -0.0870. The molecule has 3 nitrogen and oxygen atoms in total. The summed E-state index contributed by atoms with van der Waals surface area (Å²) in [5.41, 5.74) is 6.72. The summed E-state index contributed by atoms with van der Waals surface area (Å²) in [5, 5.41) is 1.86. The number of thiophene rings is 1. The van der Waals surface area contributed by atoms with E-state index in [1.807, 2.05) is 11.4 Å². The average molecular weight is 312 g/mol. The minimum absolute atomic E-state index is 0.0870. The first-order valence-electron chi connectivity index (χ1n) is 4.84. The molecule has 1 aromatic heterocycles. The Hall–Kier alpha value is -1.33. The number of methoxy groups -OCH3 is 1. The molecule has 2 aromatic rings. The molecule has 0 aliphatic rings. The van der Waals surface area contributed by atoms with Gasteiger partial charge in [-0.1, -0.05) is 0 Å². The molecule has 0 atom stereocenters. The van der Waals surface area contributed by atoms with Crippen LogP contribution in [-0.4, -0.2) is 12.9 Å². The molecule has 2 rings (SSSR count). The number of halogens is 1. The second kappa shape index (κ2) is 4.89. The summed E-state index contributed by atoms with van der Waals surface area (Å²) in [4.78, 5) is 13.0. The fraction of sp³-hybridized carbons (Fsp3) is 0.0833. The quantitative estimate of drug-likeness (QED) is 0.698. The molecule has 88 valence electrons. The summed E-state index contributed by atoms with van der Waals surface area (Å²) in [6.07, 6.45) is 0. The van der Waals surface area contributed by atoms with E-state index in [0.717, 1.165) is 4.47 Å². The number of ketones is 1. The van der Waals surface area contributed by atoms with Gasteiger partial charge in [-0.3, -0.25) is 4.79 Å². The third kappa shape index (κ3) is 2.35. The first kappa shape index (κ1) is 12.1. The highest BCUT2D eigenvalue weighted by molar-refractivity contribution is 9.10. The molecule has 0 radical (unpaired) electrons. The van der Waals surface area contributed by atoms with Gasteiger partial charge in [-0.25, -0.2) is 0 Å². The summed E-state index contributed by atoms with van der Waals surface area (Å²) in [6, 6.07) is 6.88. The van der Waals surface area contributed by atoms with Crippen molar-refractivity contribution in [2.45, 2.75) is 0 Å². The van der Waals surface area contributed by atoms with Crippen LogP contribution in [0.25, 0.3) is 0 Å². The maximum Gasteiger partial charge on any atom is 0.207 e. The van der Waals surface area contributed by atoms with Crippen molar-refractivity contribution in [3.63, 3.8) is 0 Å². The highest BCUT2D eigenvalue weighted by Crippen LogP contribution is 2.30. The van der Waals surface area contributed by atoms with Crippen LogP contribution in [0.4, 0.5) is 5.69 Å². The lowest BCUT2D eigenvalue weighted by Crippen LogP contribution is -2.03. The molecule has 5 heteroatoms. The Kier molecular flexibility index (Phi) is 3.49. The number of nitrogen functional groups attached to an aromatic ring is 1. The van der Waals surface area contributed by atoms with Crippen LogP contribution in [0, 0.1) is 0 Å². The van der Waals surface area contributed by atoms with E-state index in [-0.39, 0.29) is 5.78 Å². The topological polar surface area (TPSA) is 52.3 Å². The maximum atomic E-state index is 12.3. The lowest BCUT2D eigenvalue weighted by molar-refractivity contribution is 0.103. The van der Waals surface area contributed by atoms with E-state index in [4.69, 9.17) is 10.5 Å². The van der Waals surface area contributed by atoms with Crippen molar-refractivity contribution in [2.24, 2.45) is 0 Å². The third-order valence-electron chi connectivity index (χ3n) is 2.29. The number of ether oxygens (including phenoxy) is 1. The summed E-state index contributed by atoms with van der Waals surface area (Å²) < 4.78 is 5.96. The van der Waals surface area contributed by atoms with Gasteiger partial charge in [0.25, 0.3) is 0 Å². The zero-order chi connectivity index (χ0) is 12.4. The maximum absolute atomic E-state index is 12.3. The number of rotatable bonds is 3. The number of benzene rings is 1. The smallest absolute Gasteiger partial charge is 0.207 e. The van der Waals surface area contributed by atoms with Crippen LogP contribution in [0.15, 0.2) is 34.1 Å². The zero-order valence-corrected chi connectivity index (χ0v) is 11.5. The Morgan fingerprint density at radius 2 is 2.18 bits per heavy atom. The molecule has 0 fully saturated rings. The van der Waals surface area contributed by atoms with Crippen molar-refractivity contribution in [3.05, 3.63) is 44.6 Å². The van der Waals surface area contributed by atoms with E-state index in [9.17, 15) is 4.79 Å². The van der Waals surface area contributed by atoms with Crippen LogP contribution in [0.2, 0.25) is 0 Å². The zero-order valence-electron chi connectivity index (χ0n) is 9.07. The van der Waals surface area contributed by atoms with Gasteiger partial charge in [0, 0.05) is 10.2 Å². The Balaban J connectivity index is 2.50. The Morgan fingerprint density at radius 3 is 2.76 bits per heavy atom. The van der Waals surface area contributed by atoms with Crippen molar-refractivity contribution in [1.29, 1.82) is 0 Å². The first-order valence-corrected chi connectivity index (χ1v) is 6.52. The van der Waals surface area contributed by atoms with Gasteiger partial charge in [-0.15, -0.1) is 11.3 Å². The second-order valence-electron chi connectivity index (χ2n) is 3.39. The molecule has 0 aliphatic carbocycles. The number of nitrogens with two attached hydrogens (primary N) is 1. The largest absolute Gasteiger partial charge is 0.496 e. The van der Waals surface area contributed by atoms with E-state index >= 15 is 0 Å². The number of hydrogen-bond donors (Lipinski definition) is 1. The minimum Gasteiger partial charge on any atom is -0.496 e. The first-order chi connectivity index (χ1) is 8.13. The predicted molar refractivity (Wildman–Crippen MR) is 72.9 cm³/mol. The van der Waals surface area contributed by atoms with Gasteiger partial charge in [-0.2, -0.15) is 0 Å². The highest BCUT2D eigenvalue weighted by atomic mass is 79.9. The van der Waals surface area contributed by atoms with Crippen molar-refractivity contribution >= 4 is 38.7 Å². The highest BCUT2D eigenvalue weighted by Gasteiger charge is 2.18. The normalized spacial score (nSPS) is 10.2. The van der Waals surface area contributed by atoms with Crippen LogP contribution in [0.3, 0.4) is 0 Å². The Labute approximate surface area is 111 Å². The molecular formula is C12H10BrNO2S. The third-order valence-corrected chi connectivity index (χ3v) is 4.13. The predicted octanol–water partition coefficient (Wildman–Crippen LogP) is 3.33. The van der Waals surface area contributed by atoms with Crippen LogP contribution in [0.5, 0.6) is 5.75 Å². The molecule has 0 aliphatic heterocycles. The fourth-order valence-electron chi connectivity index (χ4n) is 1.48. The van der Waals surface area contributed by atoms with Crippen LogP contribution in [-0.2, 0) is 0 Å². The van der Waals surface area contributed by atoms with Crippen molar-refractivity contribution < 1.29 is 9.53 Å². The monoisotopic (exact) mass is 311 g/mol. The van der Waals surface area contributed by atoms with Crippen LogP contribution >= 0.6 is 27.3 Å². The van der Waals surface area contributed by atoms with Crippen molar-refractivity contribution in [2.75, 3.05) is 12.8 Å².